The number of nitrogens with one attached hydrogen (secondary N) is 1. The van der Waals surface area contributed by atoms with Crippen molar-refractivity contribution in [3.63, 3.8) is 0 Å². The number of nitrogens with zero attached hydrogens (tertiary/aromatic N) is 4. The fourth-order valence-electron chi connectivity index (χ4n) is 4.55. The first-order valence-electron chi connectivity index (χ1n) is 10.6. The van der Waals surface area contributed by atoms with Crippen LogP contribution in [0.3, 0.4) is 0 Å². The maximum atomic E-state index is 13.0. The minimum atomic E-state index is -0.655. The summed E-state index contributed by atoms with van der Waals surface area (Å²) in [7, 11) is 0. The second-order valence-corrected chi connectivity index (χ2v) is 8.22. The Bertz CT molecular complexity index is 1320. The van der Waals surface area contributed by atoms with Crippen LogP contribution in [0.5, 0.6) is 11.5 Å². The highest BCUT2D eigenvalue weighted by Crippen LogP contribution is 2.35. The summed E-state index contributed by atoms with van der Waals surface area (Å²) < 4.78 is 12.5. The van der Waals surface area contributed by atoms with Crippen molar-refractivity contribution < 1.29 is 23.9 Å². The number of carbonyl (C=O) groups is 3. The number of hydrogen-bond donors (Lipinski definition) is 1. The molecule has 4 heterocycles. The van der Waals surface area contributed by atoms with Crippen LogP contribution in [-0.4, -0.2) is 50.5 Å². The SMILES string of the molecule is O=C1CCC(N2Cc3c(cccc3-c3cn(Cc4ccc5c(c4)OCO5)nn3)C2=O)C(=O)N1. The second kappa shape index (κ2) is 7.44. The number of piperidine rings is 1. The summed E-state index contributed by atoms with van der Waals surface area (Å²) >= 11 is 0. The number of aromatic nitrogens is 3. The molecule has 3 aromatic rings. The van der Waals surface area contributed by atoms with Crippen LogP contribution >= 0.6 is 0 Å². The van der Waals surface area contributed by atoms with Gasteiger partial charge in [0.05, 0.1) is 12.7 Å². The molecule has 0 saturated carbocycles. The highest BCUT2D eigenvalue weighted by molar-refractivity contribution is 6.06. The topological polar surface area (TPSA) is 116 Å². The van der Waals surface area contributed by atoms with Gasteiger partial charge in [0.25, 0.3) is 5.91 Å². The Hall–Kier alpha value is -4.21. The van der Waals surface area contributed by atoms with Gasteiger partial charge in [-0.05, 0) is 35.7 Å². The van der Waals surface area contributed by atoms with Gasteiger partial charge in [0.15, 0.2) is 11.5 Å². The van der Waals surface area contributed by atoms with Gasteiger partial charge in [-0.15, -0.1) is 5.10 Å². The van der Waals surface area contributed by atoms with Gasteiger partial charge in [-0.2, -0.15) is 0 Å². The molecular weight excluding hydrogens is 426 g/mol. The molecule has 3 aliphatic rings. The summed E-state index contributed by atoms with van der Waals surface area (Å²) in [6.07, 6.45) is 2.38. The molecule has 3 amide bonds. The lowest BCUT2D eigenvalue weighted by molar-refractivity contribution is -0.136. The number of imide groups is 1. The van der Waals surface area contributed by atoms with E-state index in [2.05, 4.69) is 15.6 Å². The summed E-state index contributed by atoms with van der Waals surface area (Å²) in [6.45, 7) is 1.01. The summed E-state index contributed by atoms with van der Waals surface area (Å²) in [4.78, 5) is 38.4. The first-order valence-corrected chi connectivity index (χ1v) is 10.6. The molecule has 6 rings (SSSR count). The second-order valence-electron chi connectivity index (χ2n) is 8.22. The zero-order chi connectivity index (χ0) is 22.5. The Labute approximate surface area is 188 Å². The molecule has 2 aromatic carbocycles. The normalized spacial score (nSPS) is 19.1. The van der Waals surface area contributed by atoms with Gasteiger partial charge in [0.2, 0.25) is 18.6 Å². The molecule has 1 atom stereocenters. The number of benzene rings is 2. The van der Waals surface area contributed by atoms with Crippen LogP contribution in [0.15, 0.2) is 42.6 Å². The van der Waals surface area contributed by atoms with E-state index in [4.69, 9.17) is 9.47 Å². The minimum Gasteiger partial charge on any atom is -0.454 e. The molecule has 1 saturated heterocycles. The lowest BCUT2D eigenvalue weighted by Crippen LogP contribution is -2.52. The van der Waals surface area contributed by atoms with Gasteiger partial charge < -0.3 is 14.4 Å². The van der Waals surface area contributed by atoms with Gasteiger partial charge >= 0.3 is 0 Å². The first-order chi connectivity index (χ1) is 16.1. The molecule has 0 radical (unpaired) electrons. The molecule has 1 fully saturated rings. The van der Waals surface area contributed by atoms with E-state index in [0.29, 0.717) is 30.0 Å². The zero-order valence-electron chi connectivity index (χ0n) is 17.5. The van der Waals surface area contributed by atoms with Gasteiger partial charge in [-0.1, -0.05) is 23.4 Å². The van der Waals surface area contributed by atoms with E-state index in [1.807, 2.05) is 30.5 Å². The Morgan fingerprint density at radius 2 is 1.91 bits per heavy atom. The number of fused-ring (bicyclic) bond motifs is 2. The highest BCUT2D eigenvalue weighted by Gasteiger charge is 2.40. The van der Waals surface area contributed by atoms with E-state index < -0.39 is 11.9 Å². The average Bonchev–Trinajstić information content (AvgIpc) is 3.53. The molecule has 0 bridgehead atoms. The van der Waals surface area contributed by atoms with Crippen molar-refractivity contribution in [2.24, 2.45) is 0 Å². The van der Waals surface area contributed by atoms with Crippen molar-refractivity contribution >= 4 is 17.7 Å². The van der Waals surface area contributed by atoms with Crippen molar-refractivity contribution in [3.05, 3.63) is 59.3 Å². The third-order valence-corrected chi connectivity index (χ3v) is 6.18. The van der Waals surface area contributed by atoms with E-state index >= 15 is 0 Å². The molecular formula is C23H19N5O5. The predicted molar refractivity (Wildman–Crippen MR) is 113 cm³/mol. The van der Waals surface area contributed by atoms with E-state index in [1.54, 1.807) is 16.8 Å². The standard InChI is InChI=1S/C23H19N5O5/c29-21-7-5-18(22(30)24-21)28-10-16-14(2-1-3-15(16)23(28)31)17-11-27(26-25-17)9-13-4-6-19-20(8-13)33-12-32-19/h1-4,6,8,11,18H,5,7,9-10,12H2,(H,24,29,30). The fourth-order valence-corrected chi connectivity index (χ4v) is 4.55. The third-order valence-electron chi connectivity index (χ3n) is 6.18. The van der Waals surface area contributed by atoms with Crippen molar-refractivity contribution in [3.8, 4) is 22.8 Å². The van der Waals surface area contributed by atoms with Crippen LogP contribution in [0, 0.1) is 0 Å². The van der Waals surface area contributed by atoms with Crippen LogP contribution in [0.1, 0.15) is 34.3 Å². The molecule has 1 aromatic heterocycles. The quantitative estimate of drug-likeness (QED) is 0.605. The first kappa shape index (κ1) is 19.5. The van der Waals surface area contributed by atoms with Crippen molar-refractivity contribution in [1.82, 2.24) is 25.2 Å². The Kier molecular flexibility index (Phi) is 4.39. The monoisotopic (exact) mass is 445 g/mol. The predicted octanol–water partition coefficient (Wildman–Crippen LogP) is 1.48. The number of hydrogen-bond acceptors (Lipinski definition) is 7. The van der Waals surface area contributed by atoms with E-state index in [0.717, 1.165) is 22.4 Å². The Morgan fingerprint density at radius 1 is 1.06 bits per heavy atom. The number of rotatable bonds is 4. The molecule has 1 N–H and O–H groups in total. The molecule has 0 aliphatic carbocycles. The Morgan fingerprint density at radius 3 is 2.79 bits per heavy atom. The van der Waals surface area contributed by atoms with E-state index in [9.17, 15) is 14.4 Å². The lowest BCUT2D eigenvalue weighted by Gasteiger charge is -2.29. The number of carbonyl (C=O) groups excluding carboxylic acids is 3. The molecule has 166 valence electrons. The number of ether oxygens (including phenoxy) is 2. The van der Waals surface area contributed by atoms with E-state index in [-0.39, 0.29) is 31.6 Å². The molecule has 33 heavy (non-hydrogen) atoms. The third kappa shape index (κ3) is 3.30. The zero-order valence-corrected chi connectivity index (χ0v) is 17.5. The molecule has 10 heteroatoms. The van der Waals surface area contributed by atoms with Crippen LogP contribution in [-0.2, 0) is 22.7 Å². The smallest absolute Gasteiger partial charge is 0.255 e. The molecule has 10 nitrogen and oxygen atoms in total. The number of amides is 3. The van der Waals surface area contributed by atoms with Gasteiger partial charge in [0, 0.05) is 24.1 Å². The minimum absolute atomic E-state index is 0.214. The van der Waals surface area contributed by atoms with Crippen LogP contribution in [0.2, 0.25) is 0 Å². The van der Waals surface area contributed by atoms with Crippen molar-refractivity contribution in [1.29, 1.82) is 0 Å². The van der Waals surface area contributed by atoms with Crippen LogP contribution < -0.4 is 14.8 Å². The summed E-state index contributed by atoms with van der Waals surface area (Å²) in [6, 6.07) is 10.5. The maximum Gasteiger partial charge on any atom is 0.255 e. The molecule has 3 aliphatic heterocycles. The van der Waals surface area contributed by atoms with Crippen molar-refractivity contribution in [2.45, 2.75) is 32.0 Å². The van der Waals surface area contributed by atoms with Gasteiger partial charge in [0.1, 0.15) is 11.7 Å². The summed E-state index contributed by atoms with van der Waals surface area (Å²) in [5.41, 5.74) is 3.79. The fraction of sp³-hybridized carbons (Fsp3) is 0.261. The van der Waals surface area contributed by atoms with Crippen LogP contribution in [0.4, 0.5) is 0 Å². The average molecular weight is 445 g/mol. The highest BCUT2D eigenvalue weighted by atomic mass is 16.7. The maximum absolute atomic E-state index is 13.0. The largest absolute Gasteiger partial charge is 0.454 e. The summed E-state index contributed by atoms with van der Waals surface area (Å²) in [5.74, 6) is 0.488. The van der Waals surface area contributed by atoms with Crippen molar-refractivity contribution in [2.75, 3.05) is 6.79 Å². The van der Waals surface area contributed by atoms with Gasteiger partial charge in [-0.25, -0.2) is 4.68 Å². The Balaban J connectivity index is 1.26. The van der Waals surface area contributed by atoms with Crippen LogP contribution in [0.25, 0.3) is 11.3 Å². The molecule has 1 unspecified atom stereocenters. The van der Waals surface area contributed by atoms with E-state index in [1.165, 1.54) is 4.90 Å². The molecule has 0 spiro atoms. The lowest BCUT2D eigenvalue weighted by atomic mass is 10.0. The van der Waals surface area contributed by atoms with Gasteiger partial charge in [-0.3, -0.25) is 19.7 Å². The summed E-state index contributed by atoms with van der Waals surface area (Å²) in [5, 5.41) is 10.9.